The molecule has 0 unspecified atom stereocenters. The first kappa shape index (κ1) is 20.3. The molecule has 0 fully saturated rings. The van der Waals surface area contributed by atoms with Crippen LogP contribution < -0.4 is 10.6 Å². The second-order valence-electron chi connectivity index (χ2n) is 6.43. The summed E-state index contributed by atoms with van der Waals surface area (Å²) in [5.41, 5.74) is 4.26. The van der Waals surface area contributed by atoms with Gasteiger partial charge < -0.3 is 10.6 Å². The van der Waals surface area contributed by atoms with E-state index in [9.17, 15) is 9.18 Å². The van der Waals surface area contributed by atoms with Crippen molar-refractivity contribution in [3.8, 4) is 0 Å². The minimum Gasteiger partial charge on any atom is -0.349 e. The second-order valence-corrected chi connectivity index (χ2v) is 8.63. The Morgan fingerprint density at radius 2 is 1.89 bits per heavy atom. The lowest BCUT2D eigenvalue weighted by Crippen LogP contribution is -2.28. The van der Waals surface area contributed by atoms with Crippen LogP contribution >= 0.6 is 23.1 Å². The van der Waals surface area contributed by atoms with Gasteiger partial charge in [-0.15, -0.1) is 10.2 Å². The number of hydrogen-bond acceptors (Lipinski definition) is 6. The van der Waals surface area contributed by atoms with Crippen molar-refractivity contribution in [3.05, 3.63) is 65.0 Å². The van der Waals surface area contributed by atoms with Crippen molar-refractivity contribution in [1.82, 2.24) is 15.5 Å². The molecule has 8 heteroatoms. The minimum absolute atomic E-state index is 0.110. The van der Waals surface area contributed by atoms with Crippen LogP contribution in [0.4, 0.5) is 15.2 Å². The number of nitrogens with zero attached hydrogens (tertiary/aromatic N) is 2. The Morgan fingerprint density at radius 3 is 2.61 bits per heavy atom. The average Bonchev–Trinajstić information content (AvgIpc) is 3.11. The standard InChI is InChI=1S/C20H21FN4OS2/c1-12-4-9-17(10-13(12)2)23-19-24-25-20(28-19)27-11-18(26)22-14(3)15-5-7-16(21)8-6-15/h4-10,14H,11H2,1-3H3,(H,22,26)(H,23,24)/t14-/m1/s1. The topological polar surface area (TPSA) is 66.9 Å². The van der Waals surface area contributed by atoms with Crippen LogP contribution in [-0.2, 0) is 4.79 Å². The quantitative estimate of drug-likeness (QED) is 0.530. The molecule has 5 nitrogen and oxygen atoms in total. The zero-order valence-electron chi connectivity index (χ0n) is 15.8. The van der Waals surface area contributed by atoms with Crippen LogP contribution in [0.1, 0.15) is 29.7 Å². The van der Waals surface area contributed by atoms with Gasteiger partial charge in [-0.05, 0) is 61.7 Å². The molecule has 0 spiro atoms. The fraction of sp³-hybridized carbons (Fsp3) is 0.250. The number of rotatable bonds is 7. The number of hydrogen-bond donors (Lipinski definition) is 2. The lowest BCUT2D eigenvalue weighted by atomic mass is 10.1. The molecule has 0 radical (unpaired) electrons. The van der Waals surface area contributed by atoms with Gasteiger partial charge in [0.1, 0.15) is 5.82 Å². The monoisotopic (exact) mass is 416 g/mol. The Balaban J connectivity index is 1.50. The molecule has 0 aliphatic heterocycles. The van der Waals surface area contributed by atoms with Crippen LogP contribution in [0.2, 0.25) is 0 Å². The highest BCUT2D eigenvalue weighted by atomic mass is 32.2. The third-order valence-electron chi connectivity index (χ3n) is 4.24. The molecule has 28 heavy (non-hydrogen) atoms. The molecule has 1 aromatic heterocycles. The normalized spacial score (nSPS) is 11.9. The van der Waals surface area contributed by atoms with E-state index in [-0.39, 0.29) is 23.5 Å². The molecular formula is C20H21FN4OS2. The summed E-state index contributed by atoms with van der Waals surface area (Å²) >= 11 is 2.74. The Bertz CT molecular complexity index is 959. The maximum absolute atomic E-state index is 13.0. The van der Waals surface area contributed by atoms with Gasteiger partial charge in [0.2, 0.25) is 11.0 Å². The van der Waals surface area contributed by atoms with Crippen LogP contribution in [-0.4, -0.2) is 21.9 Å². The van der Waals surface area contributed by atoms with E-state index >= 15 is 0 Å². The highest BCUT2D eigenvalue weighted by molar-refractivity contribution is 8.01. The first-order valence-electron chi connectivity index (χ1n) is 8.76. The Kier molecular flexibility index (Phi) is 6.64. The van der Waals surface area contributed by atoms with Crippen molar-refractivity contribution in [2.24, 2.45) is 0 Å². The van der Waals surface area contributed by atoms with E-state index in [4.69, 9.17) is 0 Å². The third kappa shape index (κ3) is 5.53. The fourth-order valence-corrected chi connectivity index (χ4v) is 4.09. The maximum Gasteiger partial charge on any atom is 0.230 e. The summed E-state index contributed by atoms with van der Waals surface area (Å²) in [6, 6.07) is 12.0. The molecule has 3 rings (SSSR count). The number of nitrogens with one attached hydrogen (secondary N) is 2. The summed E-state index contributed by atoms with van der Waals surface area (Å²) in [7, 11) is 0. The summed E-state index contributed by atoms with van der Waals surface area (Å²) in [5, 5.41) is 15.1. The molecule has 0 aliphatic rings. The van der Waals surface area contributed by atoms with Gasteiger partial charge in [-0.25, -0.2) is 4.39 Å². The molecule has 1 atom stereocenters. The summed E-state index contributed by atoms with van der Waals surface area (Å²) < 4.78 is 13.7. The number of carbonyl (C=O) groups excluding carboxylic acids is 1. The SMILES string of the molecule is Cc1ccc(Nc2nnc(SCC(=O)N[C@H](C)c3ccc(F)cc3)s2)cc1C. The second kappa shape index (κ2) is 9.16. The first-order chi connectivity index (χ1) is 13.4. The van der Waals surface area contributed by atoms with Gasteiger partial charge in [-0.3, -0.25) is 4.79 Å². The van der Waals surface area contributed by atoms with E-state index < -0.39 is 0 Å². The molecule has 1 amide bonds. The predicted molar refractivity (Wildman–Crippen MR) is 113 cm³/mol. The van der Waals surface area contributed by atoms with Crippen molar-refractivity contribution in [2.75, 3.05) is 11.1 Å². The van der Waals surface area contributed by atoms with Gasteiger partial charge in [0.15, 0.2) is 4.34 Å². The van der Waals surface area contributed by atoms with E-state index in [1.165, 1.54) is 46.4 Å². The summed E-state index contributed by atoms with van der Waals surface area (Å²) in [6.07, 6.45) is 0. The Labute approximate surface area is 171 Å². The molecule has 0 saturated carbocycles. The van der Waals surface area contributed by atoms with E-state index in [1.807, 2.05) is 13.0 Å². The number of halogens is 1. The van der Waals surface area contributed by atoms with Crippen LogP contribution in [0.15, 0.2) is 46.8 Å². The van der Waals surface area contributed by atoms with Crippen LogP contribution in [0.5, 0.6) is 0 Å². The largest absolute Gasteiger partial charge is 0.349 e. The lowest BCUT2D eigenvalue weighted by molar-refractivity contribution is -0.119. The van der Waals surface area contributed by atoms with Gasteiger partial charge in [0.25, 0.3) is 0 Å². The van der Waals surface area contributed by atoms with Gasteiger partial charge >= 0.3 is 0 Å². The predicted octanol–water partition coefficient (Wildman–Crippen LogP) is 5.01. The number of aryl methyl sites for hydroxylation is 2. The van der Waals surface area contributed by atoms with Crippen LogP contribution in [0.3, 0.4) is 0 Å². The van der Waals surface area contributed by atoms with Crippen molar-refractivity contribution in [2.45, 2.75) is 31.2 Å². The molecular weight excluding hydrogens is 395 g/mol. The zero-order valence-corrected chi connectivity index (χ0v) is 17.5. The van der Waals surface area contributed by atoms with E-state index in [0.29, 0.717) is 5.13 Å². The molecule has 0 aliphatic carbocycles. The number of anilines is 2. The Morgan fingerprint density at radius 1 is 1.14 bits per heavy atom. The van der Waals surface area contributed by atoms with Gasteiger partial charge in [0.05, 0.1) is 11.8 Å². The number of carbonyl (C=O) groups is 1. The number of benzene rings is 2. The van der Waals surface area contributed by atoms with E-state index in [0.717, 1.165) is 15.6 Å². The van der Waals surface area contributed by atoms with Crippen molar-refractivity contribution < 1.29 is 9.18 Å². The molecule has 2 N–H and O–H groups in total. The van der Waals surface area contributed by atoms with Crippen molar-refractivity contribution >= 4 is 39.8 Å². The van der Waals surface area contributed by atoms with Gasteiger partial charge in [-0.1, -0.05) is 41.3 Å². The summed E-state index contributed by atoms with van der Waals surface area (Å²) in [4.78, 5) is 12.2. The summed E-state index contributed by atoms with van der Waals surface area (Å²) in [6.45, 7) is 6.00. The average molecular weight is 417 g/mol. The van der Waals surface area contributed by atoms with Gasteiger partial charge in [0, 0.05) is 5.69 Å². The van der Waals surface area contributed by atoms with Gasteiger partial charge in [-0.2, -0.15) is 0 Å². The molecule has 146 valence electrons. The lowest BCUT2D eigenvalue weighted by Gasteiger charge is -2.13. The molecule has 3 aromatic rings. The highest BCUT2D eigenvalue weighted by Crippen LogP contribution is 2.28. The summed E-state index contributed by atoms with van der Waals surface area (Å²) in [5.74, 6) is -0.163. The zero-order chi connectivity index (χ0) is 20.1. The smallest absolute Gasteiger partial charge is 0.230 e. The number of aromatic nitrogens is 2. The fourth-order valence-electron chi connectivity index (χ4n) is 2.51. The molecule has 1 heterocycles. The maximum atomic E-state index is 13.0. The highest BCUT2D eigenvalue weighted by Gasteiger charge is 2.12. The molecule has 0 saturated heterocycles. The van der Waals surface area contributed by atoms with E-state index in [1.54, 1.807) is 12.1 Å². The Hall–Kier alpha value is -2.45. The minimum atomic E-state index is -0.292. The van der Waals surface area contributed by atoms with Crippen LogP contribution in [0.25, 0.3) is 0 Å². The molecule has 0 bridgehead atoms. The van der Waals surface area contributed by atoms with Crippen molar-refractivity contribution in [3.63, 3.8) is 0 Å². The number of amides is 1. The molecule has 2 aromatic carbocycles. The third-order valence-corrected chi connectivity index (χ3v) is 6.21. The van der Waals surface area contributed by atoms with E-state index in [2.05, 4.69) is 46.8 Å². The van der Waals surface area contributed by atoms with Crippen LogP contribution in [0, 0.1) is 19.7 Å². The number of thioether (sulfide) groups is 1. The van der Waals surface area contributed by atoms with Crippen molar-refractivity contribution in [1.29, 1.82) is 0 Å². The first-order valence-corrected chi connectivity index (χ1v) is 10.6.